The standard InChI is InChI=1S/C52H52N12O4/c65-49(57-41-25-37-9-1-5-13-45(37)53-29-41)33-61-17-19-62(34-50(66)58-42-26-38-10-2-6-14-46(38)54-30-42)21-23-64(36-52(68)60-44-28-40-12-4-8-16-48(40)56-32-44)24-22-63(20-18-61)35-51(67)59-43-27-39-11-3-7-15-47(39)55-31-43/h1-16,25-32H,17-24,33-36H2,(H,57,65)(H,58,66)(H,59,67)(H,60,68). The van der Waals surface area contributed by atoms with Gasteiger partial charge < -0.3 is 21.3 Å². The highest BCUT2D eigenvalue weighted by molar-refractivity contribution is 5.97. The Balaban J connectivity index is 0.931. The van der Waals surface area contributed by atoms with Crippen LogP contribution in [0.25, 0.3) is 43.6 Å². The molecule has 16 heteroatoms. The van der Waals surface area contributed by atoms with E-state index < -0.39 is 0 Å². The number of pyridine rings is 4. The SMILES string of the molecule is O=C(CN1CCN(CC(=O)Nc2cnc3ccccc3c2)CCN(CC(=O)Nc2cnc3ccccc3c2)CCN(CC(=O)Nc2cnc3ccccc3c2)CC1)Nc1cnc2ccccc2c1. The molecule has 1 aliphatic heterocycles. The average molecular weight is 909 g/mol. The highest BCUT2D eigenvalue weighted by atomic mass is 16.2. The summed E-state index contributed by atoms with van der Waals surface area (Å²) in [6.45, 7) is 3.75. The van der Waals surface area contributed by atoms with Crippen molar-refractivity contribution in [2.45, 2.75) is 0 Å². The van der Waals surface area contributed by atoms with E-state index >= 15 is 0 Å². The van der Waals surface area contributed by atoms with Gasteiger partial charge in [-0.2, -0.15) is 0 Å². The number of carbonyl (C=O) groups excluding carboxylic acids is 4. The van der Waals surface area contributed by atoms with Crippen LogP contribution < -0.4 is 21.3 Å². The number of amides is 4. The van der Waals surface area contributed by atoms with Gasteiger partial charge in [-0.3, -0.25) is 58.7 Å². The fourth-order valence-electron chi connectivity index (χ4n) is 8.38. The van der Waals surface area contributed by atoms with Crippen LogP contribution in [0.5, 0.6) is 0 Å². The number of benzene rings is 4. The largest absolute Gasteiger partial charge is 0.324 e. The van der Waals surface area contributed by atoms with E-state index in [-0.39, 0.29) is 49.8 Å². The van der Waals surface area contributed by atoms with Crippen LogP contribution in [0.3, 0.4) is 0 Å². The number of anilines is 4. The van der Waals surface area contributed by atoms with Crippen LogP contribution in [0.4, 0.5) is 22.7 Å². The summed E-state index contributed by atoms with van der Waals surface area (Å²) in [5.74, 6) is -0.855. The van der Waals surface area contributed by atoms with Gasteiger partial charge in [0, 0.05) is 73.9 Å². The summed E-state index contributed by atoms with van der Waals surface area (Å²) in [7, 11) is 0. The molecular formula is C52H52N12O4. The van der Waals surface area contributed by atoms with Crippen molar-refractivity contribution < 1.29 is 19.2 Å². The first-order valence-electron chi connectivity index (χ1n) is 22.7. The number of nitrogens with one attached hydrogen (secondary N) is 4. The highest BCUT2D eigenvalue weighted by Crippen LogP contribution is 2.20. The highest BCUT2D eigenvalue weighted by Gasteiger charge is 2.23. The Morgan fingerprint density at radius 3 is 0.765 bits per heavy atom. The van der Waals surface area contributed by atoms with Crippen LogP contribution in [0.1, 0.15) is 0 Å². The molecule has 0 aliphatic carbocycles. The normalized spacial score (nSPS) is 14.8. The molecule has 1 fully saturated rings. The minimum Gasteiger partial charge on any atom is -0.324 e. The zero-order chi connectivity index (χ0) is 46.7. The molecule has 9 rings (SSSR count). The Hall–Kier alpha value is -7.76. The number of aromatic nitrogens is 4. The van der Waals surface area contributed by atoms with Crippen molar-refractivity contribution in [1.82, 2.24) is 39.5 Å². The molecule has 5 heterocycles. The smallest absolute Gasteiger partial charge is 0.238 e. The first-order chi connectivity index (χ1) is 33.2. The Morgan fingerprint density at radius 2 is 0.544 bits per heavy atom. The maximum atomic E-state index is 13.7. The minimum absolute atomic E-state index is 0.0638. The summed E-state index contributed by atoms with van der Waals surface area (Å²) >= 11 is 0. The van der Waals surface area contributed by atoms with Gasteiger partial charge in [0.1, 0.15) is 0 Å². The van der Waals surface area contributed by atoms with E-state index in [2.05, 4.69) is 41.2 Å². The summed E-state index contributed by atoms with van der Waals surface area (Å²) in [6, 6.07) is 38.5. The Kier molecular flexibility index (Phi) is 14.5. The lowest BCUT2D eigenvalue weighted by atomic mass is 10.2. The minimum atomic E-state index is -0.214. The molecule has 8 aromatic rings. The van der Waals surface area contributed by atoms with Crippen molar-refractivity contribution in [3.05, 3.63) is 146 Å². The van der Waals surface area contributed by atoms with E-state index in [1.54, 1.807) is 24.8 Å². The van der Waals surface area contributed by atoms with E-state index in [9.17, 15) is 19.2 Å². The van der Waals surface area contributed by atoms with Gasteiger partial charge in [-0.05, 0) is 48.5 Å². The van der Waals surface area contributed by atoms with Gasteiger partial charge in [0.25, 0.3) is 0 Å². The third-order valence-electron chi connectivity index (χ3n) is 11.9. The number of carbonyl (C=O) groups is 4. The monoisotopic (exact) mass is 908 g/mol. The molecule has 4 N–H and O–H groups in total. The molecule has 4 aromatic carbocycles. The quantitative estimate of drug-likeness (QED) is 0.113. The van der Waals surface area contributed by atoms with Gasteiger partial charge in [0.2, 0.25) is 23.6 Å². The number of hydrogen-bond donors (Lipinski definition) is 4. The number of hydrogen-bond acceptors (Lipinski definition) is 12. The predicted octanol–water partition coefficient (Wildman–Crippen LogP) is 5.96. The fourth-order valence-corrected chi connectivity index (χ4v) is 8.38. The molecular weight excluding hydrogens is 857 g/mol. The van der Waals surface area contributed by atoms with Crippen molar-refractivity contribution in [3.8, 4) is 0 Å². The first kappa shape index (κ1) is 45.4. The molecule has 4 amide bonds. The second kappa shape index (κ2) is 21.7. The van der Waals surface area contributed by atoms with Crippen LogP contribution >= 0.6 is 0 Å². The summed E-state index contributed by atoms with van der Waals surface area (Å²) in [4.78, 5) is 81.2. The zero-order valence-electron chi connectivity index (χ0n) is 37.6. The molecule has 344 valence electrons. The summed E-state index contributed by atoms with van der Waals surface area (Å²) in [5.41, 5.74) is 5.68. The van der Waals surface area contributed by atoms with Gasteiger partial charge in [-0.1, -0.05) is 72.8 Å². The van der Waals surface area contributed by atoms with E-state index in [0.29, 0.717) is 75.1 Å². The molecule has 0 atom stereocenters. The molecule has 1 saturated heterocycles. The summed E-state index contributed by atoms with van der Waals surface area (Å²) in [6.07, 6.45) is 6.60. The van der Waals surface area contributed by atoms with Crippen molar-refractivity contribution in [2.75, 3.05) is 99.8 Å². The van der Waals surface area contributed by atoms with E-state index in [4.69, 9.17) is 0 Å². The Morgan fingerprint density at radius 1 is 0.338 bits per heavy atom. The van der Waals surface area contributed by atoms with E-state index in [1.807, 2.05) is 141 Å². The van der Waals surface area contributed by atoms with Gasteiger partial charge >= 0.3 is 0 Å². The van der Waals surface area contributed by atoms with Crippen LogP contribution in [-0.2, 0) is 19.2 Å². The van der Waals surface area contributed by atoms with E-state index in [1.165, 1.54) is 0 Å². The third-order valence-corrected chi connectivity index (χ3v) is 11.9. The van der Waals surface area contributed by atoms with Crippen LogP contribution in [0.15, 0.2) is 146 Å². The third kappa shape index (κ3) is 12.4. The lowest BCUT2D eigenvalue weighted by molar-refractivity contribution is -0.120. The zero-order valence-corrected chi connectivity index (χ0v) is 37.6. The Bertz CT molecular complexity index is 2670. The van der Waals surface area contributed by atoms with Crippen molar-refractivity contribution in [2.24, 2.45) is 0 Å². The molecule has 0 bridgehead atoms. The number of para-hydroxylation sites is 4. The maximum Gasteiger partial charge on any atom is 0.238 e. The van der Waals surface area contributed by atoms with Crippen molar-refractivity contribution in [1.29, 1.82) is 0 Å². The summed E-state index contributed by atoms with van der Waals surface area (Å²) in [5, 5.41) is 15.8. The molecule has 0 radical (unpaired) electrons. The van der Waals surface area contributed by atoms with E-state index in [0.717, 1.165) is 43.6 Å². The maximum absolute atomic E-state index is 13.7. The van der Waals surface area contributed by atoms with Gasteiger partial charge in [0.15, 0.2) is 0 Å². The lowest BCUT2D eigenvalue weighted by Gasteiger charge is -2.33. The van der Waals surface area contributed by atoms with Gasteiger partial charge in [-0.15, -0.1) is 0 Å². The molecule has 16 nitrogen and oxygen atoms in total. The Labute approximate surface area is 393 Å². The lowest BCUT2D eigenvalue weighted by Crippen LogP contribution is -2.50. The number of fused-ring (bicyclic) bond motifs is 4. The van der Waals surface area contributed by atoms with Crippen LogP contribution in [-0.4, -0.2) is 142 Å². The number of rotatable bonds is 12. The molecule has 0 saturated carbocycles. The molecule has 1 aliphatic rings. The fraction of sp³-hybridized carbons (Fsp3) is 0.231. The topological polar surface area (TPSA) is 181 Å². The molecule has 4 aromatic heterocycles. The molecule has 0 unspecified atom stereocenters. The average Bonchev–Trinajstić information content (AvgIpc) is 3.34. The first-order valence-corrected chi connectivity index (χ1v) is 22.7. The predicted molar refractivity (Wildman–Crippen MR) is 267 cm³/mol. The van der Waals surface area contributed by atoms with Crippen molar-refractivity contribution in [3.63, 3.8) is 0 Å². The van der Waals surface area contributed by atoms with Crippen LogP contribution in [0, 0.1) is 0 Å². The second-order valence-corrected chi connectivity index (χ2v) is 17.0. The van der Waals surface area contributed by atoms with Gasteiger partial charge in [0.05, 0.1) is 95.8 Å². The molecule has 68 heavy (non-hydrogen) atoms. The number of nitrogens with zero attached hydrogens (tertiary/aromatic N) is 8. The van der Waals surface area contributed by atoms with Crippen molar-refractivity contribution >= 4 is 90.0 Å². The van der Waals surface area contributed by atoms with Gasteiger partial charge in [-0.25, -0.2) is 0 Å². The van der Waals surface area contributed by atoms with Crippen LogP contribution in [0.2, 0.25) is 0 Å². The molecule has 0 spiro atoms. The second-order valence-electron chi connectivity index (χ2n) is 17.0. The summed E-state index contributed by atoms with van der Waals surface area (Å²) < 4.78 is 0.